The van der Waals surface area contributed by atoms with Crippen LogP contribution in [0.2, 0.25) is 0 Å². The van der Waals surface area contributed by atoms with Gasteiger partial charge in [-0.05, 0) is 23.8 Å². The highest BCUT2D eigenvalue weighted by Crippen LogP contribution is 2.23. The van der Waals surface area contributed by atoms with Crippen LogP contribution in [0.25, 0.3) is 0 Å². The lowest BCUT2D eigenvalue weighted by Gasteiger charge is -2.12. The number of anilines is 1. The lowest BCUT2D eigenvalue weighted by Crippen LogP contribution is -2.43. The van der Waals surface area contributed by atoms with E-state index in [0.717, 1.165) is 0 Å². The predicted octanol–water partition coefficient (Wildman–Crippen LogP) is -0.643. The second-order valence-electron chi connectivity index (χ2n) is 4.14. The minimum absolute atomic E-state index is 0.147. The minimum Gasteiger partial charge on any atom is -0.480 e. The van der Waals surface area contributed by atoms with Gasteiger partial charge in [0.2, 0.25) is 5.91 Å². The van der Waals surface area contributed by atoms with Crippen LogP contribution in [0.3, 0.4) is 0 Å². The van der Waals surface area contributed by atoms with Gasteiger partial charge in [0.25, 0.3) is 5.91 Å². The molecule has 2 rings (SSSR count). The molecule has 0 unspecified atom stereocenters. The first-order valence-corrected chi connectivity index (χ1v) is 5.58. The summed E-state index contributed by atoms with van der Waals surface area (Å²) in [4.78, 5) is 33.7. The third kappa shape index (κ3) is 2.71. The fourth-order valence-corrected chi connectivity index (χ4v) is 1.80. The summed E-state index contributed by atoms with van der Waals surface area (Å²) in [6.07, 6.45) is 0.193. The number of carbonyl (C=O) groups is 3. The van der Waals surface area contributed by atoms with Gasteiger partial charge < -0.3 is 20.8 Å². The summed E-state index contributed by atoms with van der Waals surface area (Å²) in [5.74, 6) is -2.07. The molecule has 2 amide bonds. The molecule has 100 valence electrons. The standard InChI is InChI=1S/C12H12N2O5/c15-5-9(12(18)19)14-11(17)6-1-2-8-7(3-6)4-10(16)13-8/h1-3,9,15H,4-5H2,(H,13,16)(H,14,17)(H,18,19)/t9-/m0/s1. The summed E-state index contributed by atoms with van der Waals surface area (Å²) in [6.45, 7) is -0.688. The summed E-state index contributed by atoms with van der Waals surface area (Å²) in [7, 11) is 0. The number of aliphatic hydroxyl groups excluding tert-OH is 1. The molecule has 0 aromatic heterocycles. The van der Waals surface area contributed by atoms with Gasteiger partial charge in [0.1, 0.15) is 0 Å². The first-order valence-electron chi connectivity index (χ1n) is 5.58. The van der Waals surface area contributed by atoms with E-state index >= 15 is 0 Å². The Balaban J connectivity index is 2.15. The van der Waals surface area contributed by atoms with Crippen LogP contribution in [0.5, 0.6) is 0 Å². The molecule has 1 aliphatic rings. The van der Waals surface area contributed by atoms with Crippen LogP contribution in [0, 0.1) is 0 Å². The fraction of sp³-hybridized carbons (Fsp3) is 0.250. The highest BCUT2D eigenvalue weighted by Gasteiger charge is 2.22. The second kappa shape index (κ2) is 5.07. The van der Waals surface area contributed by atoms with Gasteiger partial charge in [-0.15, -0.1) is 0 Å². The maximum atomic E-state index is 11.8. The van der Waals surface area contributed by atoms with Crippen LogP contribution in [0.4, 0.5) is 5.69 Å². The van der Waals surface area contributed by atoms with Gasteiger partial charge in [-0.2, -0.15) is 0 Å². The van der Waals surface area contributed by atoms with Crippen LogP contribution >= 0.6 is 0 Å². The highest BCUT2D eigenvalue weighted by atomic mass is 16.4. The summed E-state index contributed by atoms with van der Waals surface area (Å²) < 4.78 is 0. The molecule has 1 aromatic carbocycles. The van der Waals surface area contributed by atoms with Crippen molar-refractivity contribution < 1.29 is 24.6 Å². The van der Waals surface area contributed by atoms with Gasteiger partial charge >= 0.3 is 5.97 Å². The van der Waals surface area contributed by atoms with Crippen molar-refractivity contribution in [2.75, 3.05) is 11.9 Å². The Kier molecular flexibility index (Phi) is 3.48. The monoisotopic (exact) mass is 264 g/mol. The van der Waals surface area contributed by atoms with Crippen molar-refractivity contribution in [1.82, 2.24) is 5.32 Å². The number of aliphatic carboxylic acids is 1. The number of fused-ring (bicyclic) bond motifs is 1. The van der Waals surface area contributed by atoms with Crippen molar-refractivity contribution >= 4 is 23.5 Å². The van der Waals surface area contributed by atoms with E-state index in [1.165, 1.54) is 12.1 Å². The molecular formula is C12H12N2O5. The van der Waals surface area contributed by atoms with Gasteiger partial charge in [-0.3, -0.25) is 9.59 Å². The fourth-order valence-electron chi connectivity index (χ4n) is 1.80. The Morgan fingerprint density at radius 3 is 2.79 bits per heavy atom. The van der Waals surface area contributed by atoms with Gasteiger partial charge in [0.15, 0.2) is 6.04 Å². The molecule has 19 heavy (non-hydrogen) atoms. The van der Waals surface area contributed by atoms with Gasteiger partial charge in [-0.1, -0.05) is 0 Å². The number of amides is 2. The number of hydrogen-bond acceptors (Lipinski definition) is 4. The number of aliphatic hydroxyl groups is 1. The first kappa shape index (κ1) is 13.0. The Morgan fingerprint density at radius 2 is 2.16 bits per heavy atom. The highest BCUT2D eigenvalue weighted by molar-refractivity contribution is 6.02. The maximum absolute atomic E-state index is 11.8. The van der Waals surface area contributed by atoms with E-state index in [1.54, 1.807) is 6.07 Å². The van der Waals surface area contributed by atoms with E-state index in [1.807, 2.05) is 0 Å². The van der Waals surface area contributed by atoms with Gasteiger partial charge in [0.05, 0.1) is 13.0 Å². The van der Waals surface area contributed by atoms with Crippen molar-refractivity contribution in [1.29, 1.82) is 0 Å². The molecule has 1 aromatic rings. The number of carboxylic acid groups (broad SMARTS) is 1. The lowest BCUT2D eigenvalue weighted by molar-refractivity contribution is -0.140. The van der Waals surface area contributed by atoms with Crippen molar-refractivity contribution in [2.24, 2.45) is 0 Å². The Labute approximate surface area is 108 Å². The molecule has 0 radical (unpaired) electrons. The van der Waals surface area contributed by atoms with E-state index in [0.29, 0.717) is 11.3 Å². The van der Waals surface area contributed by atoms with E-state index in [4.69, 9.17) is 10.2 Å². The zero-order chi connectivity index (χ0) is 14.0. The first-order chi connectivity index (χ1) is 9.01. The van der Waals surface area contributed by atoms with Gasteiger partial charge in [0, 0.05) is 11.3 Å². The molecule has 1 aliphatic heterocycles. The molecule has 0 spiro atoms. The molecule has 1 atom stereocenters. The quantitative estimate of drug-likeness (QED) is 0.577. The van der Waals surface area contributed by atoms with Crippen LogP contribution in [0.15, 0.2) is 18.2 Å². The van der Waals surface area contributed by atoms with Crippen molar-refractivity contribution in [3.63, 3.8) is 0 Å². The van der Waals surface area contributed by atoms with Crippen LogP contribution < -0.4 is 10.6 Å². The van der Waals surface area contributed by atoms with E-state index in [2.05, 4.69) is 10.6 Å². The topological polar surface area (TPSA) is 116 Å². The second-order valence-corrected chi connectivity index (χ2v) is 4.14. The summed E-state index contributed by atoms with van der Waals surface area (Å²) >= 11 is 0. The number of carboxylic acids is 1. The van der Waals surface area contributed by atoms with Crippen LogP contribution in [-0.2, 0) is 16.0 Å². The number of rotatable bonds is 4. The summed E-state index contributed by atoms with van der Waals surface area (Å²) in [5, 5.41) is 22.4. The van der Waals surface area contributed by atoms with Crippen LogP contribution in [-0.4, -0.2) is 40.6 Å². The maximum Gasteiger partial charge on any atom is 0.328 e. The molecular weight excluding hydrogens is 252 g/mol. The van der Waals surface area contributed by atoms with E-state index < -0.39 is 24.5 Å². The Hall–Kier alpha value is -2.41. The van der Waals surface area contributed by atoms with Crippen molar-refractivity contribution in [3.05, 3.63) is 29.3 Å². The molecule has 1 heterocycles. The normalized spacial score (nSPS) is 14.5. The Morgan fingerprint density at radius 1 is 1.42 bits per heavy atom. The van der Waals surface area contributed by atoms with E-state index in [9.17, 15) is 14.4 Å². The zero-order valence-electron chi connectivity index (χ0n) is 9.84. The van der Waals surface area contributed by atoms with Crippen molar-refractivity contribution in [2.45, 2.75) is 12.5 Å². The number of benzene rings is 1. The van der Waals surface area contributed by atoms with Crippen molar-refractivity contribution in [3.8, 4) is 0 Å². The zero-order valence-corrected chi connectivity index (χ0v) is 9.84. The summed E-state index contributed by atoms with van der Waals surface area (Å²) in [6, 6.07) is 3.25. The third-order valence-electron chi connectivity index (χ3n) is 2.78. The lowest BCUT2D eigenvalue weighted by atomic mass is 10.1. The molecule has 0 aliphatic carbocycles. The van der Waals surface area contributed by atoms with E-state index in [-0.39, 0.29) is 17.9 Å². The van der Waals surface area contributed by atoms with Crippen LogP contribution in [0.1, 0.15) is 15.9 Å². The predicted molar refractivity (Wildman–Crippen MR) is 64.8 cm³/mol. The SMILES string of the molecule is O=C1Cc2cc(C(=O)N[C@@H](CO)C(=O)O)ccc2N1. The molecule has 0 fully saturated rings. The molecule has 7 heteroatoms. The molecule has 0 saturated carbocycles. The average Bonchev–Trinajstić information content (AvgIpc) is 2.74. The average molecular weight is 264 g/mol. The van der Waals surface area contributed by atoms with Gasteiger partial charge in [-0.25, -0.2) is 4.79 Å². The third-order valence-corrected chi connectivity index (χ3v) is 2.78. The smallest absolute Gasteiger partial charge is 0.328 e. The minimum atomic E-state index is -1.35. The largest absolute Gasteiger partial charge is 0.480 e. The number of nitrogens with one attached hydrogen (secondary N) is 2. The molecule has 0 bridgehead atoms. The Bertz CT molecular complexity index is 555. The number of hydrogen-bond donors (Lipinski definition) is 4. The molecule has 7 nitrogen and oxygen atoms in total. The summed E-state index contributed by atoms with van der Waals surface area (Å²) in [5.41, 5.74) is 1.59. The molecule has 0 saturated heterocycles. The molecule has 4 N–H and O–H groups in total. The number of carbonyl (C=O) groups excluding carboxylic acids is 2.